The van der Waals surface area contributed by atoms with Gasteiger partial charge in [0, 0.05) is 12.1 Å². The predicted molar refractivity (Wildman–Crippen MR) is 66.2 cm³/mol. The molecule has 17 heavy (non-hydrogen) atoms. The summed E-state index contributed by atoms with van der Waals surface area (Å²) in [5.74, 6) is -0.243. The van der Waals surface area contributed by atoms with E-state index in [0.717, 1.165) is 4.90 Å². The Morgan fingerprint density at radius 3 is 2.35 bits per heavy atom. The van der Waals surface area contributed by atoms with E-state index in [9.17, 15) is 9.59 Å². The van der Waals surface area contributed by atoms with Crippen LogP contribution in [0, 0.1) is 0 Å². The molecule has 2 rings (SSSR count). The monoisotopic (exact) mass is 252 g/mol. The maximum Gasteiger partial charge on any atom is 0.332 e. The maximum atomic E-state index is 12.2. The summed E-state index contributed by atoms with van der Waals surface area (Å²) in [5.41, 5.74) is -0.315. The molecule has 0 bridgehead atoms. The van der Waals surface area contributed by atoms with E-state index in [2.05, 4.69) is 0 Å². The zero-order valence-corrected chi connectivity index (χ0v) is 10.7. The van der Waals surface area contributed by atoms with Crippen LogP contribution in [0.15, 0.2) is 24.3 Å². The van der Waals surface area contributed by atoms with E-state index >= 15 is 0 Å². The molecule has 1 aromatic rings. The Morgan fingerprint density at radius 1 is 1.24 bits per heavy atom. The van der Waals surface area contributed by atoms with Crippen molar-refractivity contribution < 1.29 is 9.59 Å². The lowest BCUT2D eigenvalue weighted by atomic mass is 10.1. The number of urea groups is 1. The van der Waals surface area contributed by atoms with Crippen molar-refractivity contribution in [3.8, 4) is 0 Å². The highest BCUT2D eigenvalue weighted by molar-refractivity contribution is 6.31. The van der Waals surface area contributed by atoms with Gasteiger partial charge in [0.05, 0.1) is 5.69 Å². The summed E-state index contributed by atoms with van der Waals surface area (Å²) in [4.78, 5) is 26.8. The smallest absolute Gasteiger partial charge is 0.313 e. The summed E-state index contributed by atoms with van der Waals surface area (Å²) < 4.78 is 0. The second-order valence-corrected chi connectivity index (χ2v) is 4.96. The summed E-state index contributed by atoms with van der Waals surface area (Å²) in [6, 6.07) is 6.38. The minimum Gasteiger partial charge on any atom is -0.313 e. The Bertz CT molecular complexity index is 499. The van der Waals surface area contributed by atoms with Crippen LogP contribution in [-0.4, -0.2) is 29.4 Å². The number of anilines is 1. The van der Waals surface area contributed by atoms with Crippen LogP contribution in [0.25, 0.3) is 0 Å². The van der Waals surface area contributed by atoms with Crippen LogP contribution in [0.3, 0.4) is 0 Å². The molecule has 3 amide bonds. The number of benzene rings is 1. The summed E-state index contributed by atoms with van der Waals surface area (Å²) in [6.45, 7) is 3.44. The van der Waals surface area contributed by atoms with Gasteiger partial charge in [0.2, 0.25) is 0 Å². The van der Waals surface area contributed by atoms with Gasteiger partial charge in [-0.25, -0.2) is 9.69 Å². The minimum absolute atomic E-state index is 0.243. The molecule has 1 saturated heterocycles. The number of likely N-dealkylation sites (N-methyl/N-ethyl adjacent to an activating group) is 1. The predicted octanol–water partition coefficient (Wildman–Crippen LogP) is 2.52. The Kier molecular flexibility index (Phi) is 2.62. The van der Waals surface area contributed by atoms with E-state index in [4.69, 9.17) is 11.6 Å². The minimum atomic E-state index is -0.820. The SMILES string of the molecule is CN1C(=O)N(c2cccc(Cl)c2)C(=O)C1(C)C. The molecule has 1 fully saturated rings. The van der Waals surface area contributed by atoms with Gasteiger partial charge in [-0.3, -0.25) is 4.79 Å². The molecule has 0 saturated carbocycles. The largest absolute Gasteiger partial charge is 0.332 e. The van der Waals surface area contributed by atoms with Crippen LogP contribution < -0.4 is 4.90 Å². The fourth-order valence-electron chi connectivity index (χ4n) is 1.74. The van der Waals surface area contributed by atoms with E-state index in [-0.39, 0.29) is 11.9 Å². The lowest BCUT2D eigenvalue weighted by Gasteiger charge is -2.22. The third-order valence-electron chi connectivity index (χ3n) is 3.11. The number of carbonyl (C=O) groups excluding carboxylic acids is 2. The van der Waals surface area contributed by atoms with Crippen molar-refractivity contribution in [2.75, 3.05) is 11.9 Å². The van der Waals surface area contributed by atoms with Gasteiger partial charge < -0.3 is 4.90 Å². The molecule has 4 nitrogen and oxygen atoms in total. The third kappa shape index (κ3) is 1.69. The van der Waals surface area contributed by atoms with Gasteiger partial charge in [-0.15, -0.1) is 0 Å². The first-order valence-electron chi connectivity index (χ1n) is 5.23. The summed E-state index contributed by atoms with van der Waals surface area (Å²) >= 11 is 5.86. The molecule has 0 spiro atoms. The first kappa shape index (κ1) is 11.9. The van der Waals surface area contributed by atoms with Gasteiger partial charge in [0.15, 0.2) is 0 Å². The zero-order chi connectivity index (χ0) is 12.8. The summed E-state index contributed by atoms with van der Waals surface area (Å²) in [6.07, 6.45) is 0. The molecule has 0 N–H and O–H groups in total. The fourth-order valence-corrected chi connectivity index (χ4v) is 1.92. The molecule has 0 atom stereocenters. The second-order valence-electron chi connectivity index (χ2n) is 4.52. The van der Waals surface area contributed by atoms with E-state index in [1.807, 2.05) is 0 Å². The first-order chi connectivity index (χ1) is 7.85. The highest BCUT2D eigenvalue weighted by atomic mass is 35.5. The molecule has 1 aliphatic heterocycles. The standard InChI is InChI=1S/C12H13ClN2O2/c1-12(2)10(16)15(11(17)14(12)3)9-6-4-5-8(13)7-9/h4-7H,1-3H3. The Balaban J connectivity index is 2.48. The van der Waals surface area contributed by atoms with Crippen LogP contribution >= 0.6 is 11.6 Å². The lowest BCUT2D eigenvalue weighted by molar-refractivity contribution is -0.123. The van der Waals surface area contributed by atoms with E-state index in [1.54, 1.807) is 45.2 Å². The zero-order valence-electron chi connectivity index (χ0n) is 9.90. The fraction of sp³-hybridized carbons (Fsp3) is 0.333. The number of halogens is 1. The molecule has 0 aliphatic carbocycles. The van der Waals surface area contributed by atoms with E-state index in [1.165, 1.54) is 4.90 Å². The van der Waals surface area contributed by atoms with Crippen molar-refractivity contribution in [2.45, 2.75) is 19.4 Å². The third-order valence-corrected chi connectivity index (χ3v) is 3.34. The van der Waals surface area contributed by atoms with Crippen molar-refractivity contribution in [2.24, 2.45) is 0 Å². The van der Waals surface area contributed by atoms with Crippen LogP contribution in [0.4, 0.5) is 10.5 Å². The van der Waals surface area contributed by atoms with Crippen molar-refractivity contribution in [3.63, 3.8) is 0 Å². The molecule has 0 aromatic heterocycles. The summed E-state index contributed by atoms with van der Waals surface area (Å²) in [5, 5.41) is 0.496. The van der Waals surface area contributed by atoms with Gasteiger partial charge in [0.1, 0.15) is 5.54 Å². The number of carbonyl (C=O) groups is 2. The second kappa shape index (κ2) is 3.74. The van der Waals surface area contributed by atoms with Gasteiger partial charge >= 0.3 is 6.03 Å². The van der Waals surface area contributed by atoms with Crippen LogP contribution in [0.2, 0.25) is 5.02 Å². The average molecular weight is 253 g/mol. The number of nitrogens with zero attached hydrogens (tertiary/aromatic N) is 2. The Morgan fingerprint density at radius 2 is 1.88 bits per heavy atom. The number of imide groups is 1. The molecular formula is C12H13ClN2O2. The van der Waals surface area contributed by atoms with Gasteiger partial charge in [-0.05, 0) is 32.0 Å². The highest BCUT2D eigenvalue weighted by Gasteiger charge is 2.49. The molecule has 1 aromatic carbocycles. The Hall–Kier alpha value is -1.55. The molecule has 0 unspecified atom stereocenters. The number of hydrogen-bond acceptors (Lipinski definition) is 2. The van der Waals surface area contributed by atoms with Crippen molar-refractivity contribution in [1.82, 2.24) is 4.90 Å². The van der Waals surface area contributed by atoms with Crippen molar-refractivity contribution in [3.05, 3.63) is 29.3 Å². The topological polar surface area (TPSA) is 40.6 Å². The highest BCUT2D eigenvalue weighted by Crippen LogP contribution is 2.31. The van der Waals surface area contributed by atoms with Crippen molar-refractivity contribution in [1.29, 1.82) is 0 Å². The van der Waals surface area contributed by atoms with Gasteiger partial charge in [-0.1, -0.05) is 17.7 Å². The summed E-state index contributed by atoms with van der Waals surface area (Å²) in [7, 11) is 1.62. The Labute approximate surface area is 105 Å². The molecule has 5 heteroatoms. The molecule has 1 aliphatic rings. The van der Waals surface area contributed by atoms with E-state index in [0.29, 0.717) is 10.7 Å². The van der Waals surface area contributed by atoms with Gasteiger partial charge in [0.25, 0.3) is 5.91 Å². The number of hydrogen-bond donors (Lipinski definition) is 0. The lowest BCUT2D eigenvalue weighted by Crippen LogP contribution is -2.41. The van der Waals surface area contributed by atoms with Crippen LogP contribution in [0.5, 0.6) is 0 Å². The molecule has 90 valence electrons. The van der Waals surface area contributed by atoms with E-state index < -0.39 is 5.54 Å². The first-order valence-corrected chi connectivity index (χ1v) is 5.61. The normalized spacial score (nSPS) is 19.1. The van der Waals surface area contributed by atoms with Crippen LogP contribution in [-0.2, 0) is 4.79 Å². The maximum absolute atomic E-state index is 12.2. The van der Waals surface area contributed by atoms with Crippen LogP contribution in [0.1, 0.15) is 13.8 Å². The molecular weight excluding hydrogens is 240 g/mol. The quantitative estimate of drug-likeness (QED) is 0.721. The molecule has 0 radical (unpaired) electrons. The number of rotatable bonds is 1. The van der Waals surface area contributed by atoms with Gasteiger partial charge in [-0.2, -0.15) is 0 Å². The number of amides is 3. The average Bonchev–Trinajstić information content (AvgIpc) is 2.41. The molecule has 1 heterocycles. The van der Waals surface area contributed by atoms with Crippen molar-refractivity contribution >= 4 is 29.2 Å².